The van der Waals surface area contributed by atoms with Crippen LogP contribution in [-0.2, 0) is 4.74 Å². The molecular formula is C15H24FNO. The first kappa shape index (κ1) is 15.1. The first-order chi connectivity index (χ1) is 8.52. The topological polar surface area (TPSA) is 21.3 Å². The maximum Gasteiger partial charge on any atom is 0.123 e. The quantitative estimate of drug-likeness (QED) is 0.802. The molecular weight excluding hydrogens is 229 g/mol. The highest BCUT2D eigenvalue weighted by molar-refractivity contribution is 5.19. The van der Waals surface area contributed by atoms with Crippen molar-refractivity contribution in [3.05, 3.63) is 35.6 Å². The first-order valence-corrected chi connectivity index (χ1v) is 6.58. The molecule has 0 radical (unpaired) electrons. The third-order valence-electron chi connectivity index (χ3n) is 2.81. The summed E-state index contributed by atoms with van der Waals surface area (Å²) in [7, 11) is 1.88. The number of likely N-dealkylation sites (N-methyl/N-ethyl adjacent to an activating group) is 1. The summed E-state index contributed by atoms with van der Waals surface area (Å²) in [6, 6.07) is 6.64. The minimum Gasteiger partial charge on any atom is -0.369 e. The molecule has 0 spiro atoms. The number of halogens is 1. The molecule has 0 heterocycles. The van der Waals surface area contributed by atoms with Gasteiger partial charge >= 0.3 is 0 Å². The number of ether oxygens (including phenoxy) is 1. The van der Waals surface area contributed by atoms with Crippen molar-refractivity contribution in [3.63, 3.8) is 0 Å². The summed E-state index contributed by atoms with van der Waals surface area (Å²) in [6.45, 7) is 7.11. The van der Waals surface area contributed by atoms with Crippen molar-refractivity contribution in [1.82, 2.24) is 5.32 Å². The van der Waals surface area contributed by atoms with Crippen LogP contribution in [0.5, 0.6) is 0 Å². The Bertz CT molecular complexity index is 354. The van der Waals surface area contributed by atoms with Gasteiger partial charge in [-0.1, -0.05) is 26.0 Å². The van der Waals surface area contributed by atoms with Crippen molar-refractivity contribution in [2.45, 2.75) is 39.4 Å². The van der Waals surface area contributed by atoms with Crippen LogP contribution in [0, 0.1) is 11.7 Å². The Balaban J connectivity index is 2.70. The zero-order valence-electron chi connectivity index (χ0n) is 11.7. The largest absolute Gasteiger partial charge is 0.369 e. The van der Waals surface area contributed by atoms with Crippen LogP contribution in [-0.4, -0.2) is 19.7 Å². The SMILES string of the molecule is CNCC(OC(C)CC(C)C)c1cccc(F)c1. The smallest absolute Gasteiger partial charge is 0.123 e. The minimum absolute atomic E-state index is 0.0977. The molecule has 0 fully saturated rings. The fourth-order valence-electron chi connectivity index (χ4n) is 2.14. The molecule has 3 heteroatoms. The summed E-state index contributed by atoms with van der Waals surface area (Å²) in [5.74, 6) is 0.386. The molecule has 0 saturated heterocycles. The lowest BCUT2D eigenvalue weighted by molar-refractivity contribution is -0.0119. The second-order valence-electron chi connectivity index (χ2n) is 5.18. The van der Waals surface area contributed by atoms with Gasteiger partial charge in [-0.15, -0.1) is 0 Å². The van der Waals surface area contributed by atoms with Crippen molar-refractivity contribution in [2.75, 3.05) is 13.6 Å². The average Bonchev–Trinajstić information content (AvgIpc) is 2.27. The van der Waals surface area contributed by atoms with Crippen LogP contribution in [0.25, 0.3) is 0 Å². The molecule has 0 amide bonds. The van der Waals surface area contributed by atoms with E-state index in [1.54, 1.807) is 12.1 Å². The number of hydrogen-bond donors (Lipinski definition) is 1. The number of rotatable bonds is 7. The van der Waals surface area contributed by atoms with Crippen LogP contribution in [0.1, 0.15) is 38.9 Å². The van der Waals surface area contributed by atoms with Crippen LogP contribution >= 0.6 is 0 Å². The predicted octanol–water partition coefficient (Wildman–Crippen LogP) is 3.54. The summed E-state index contributed by atoms with van der Waals surface area (Å²) in [5, 5.41) is 3.10. The van der Waals surface area contributed by atoms with E-state index in [0.29, 0.717) is 12.5 Å². The highest BCUT2D eigenvalue weighted by atomic mass is 19.1. The second-order valence-corrected chi connectivity index (χ2v) is 5.18. The Kier molecular flexibility index (Phi) is 6.30. The zero-order chi connectivity index (χ0) is 13.5. The van der Waals surface area contributed by atoms with Gasteiger partial charge in [0.15, 0.2) is 0 Å². The van der Waals surface area contributed by atoms with Gasteiger partial charge in [-0.2, -0.15) is 0 Å². The Morgan fingerprint density at radius 3 is 2.56 bits per heavy atom. The highest BCUT2D eigenvalue weighted by Crippen LogP contribution is 2.21. The summed E-state index contributed by atoms with van der Waals surface area (Å²) in [5.41, 5.74) is 0.889. The zero-order valence-corrected chi connectivity index (χ0v) is 11.7. The third-order valence-corrected chi connectivity index (χ3v) is 2.81. The molecule has 2 nitrogen and oxygen atoms in total. The lowest BCUT2D eigenvalue weighted by Crippen LogP contribution is -2.24. The summed E-state index contributed by atoms with van der Waals surface area (Å²) in [4.78, 5) is 0. The molecule has 0 aliphatic rings. The lowest BCUT2D eigenvalue weighted by Gasteiger charge is -2.24. The van der Waals surface area contributed by atoms with Crippen LogP contribution in [0.2, 0.25) is 0 Å². The third kappa shape index (κ3) is 5.15. The second kappa shape index (κ2) is 7.49. The van der Waals surface area contributed by atoms with Gasteiger partial charge < -0.3 is 10.1 Å². The standard InChI is InChI=1S/C15H24FNO/c1-11(2)8-12(3)18-15(10-17-4)13-6-5-7-14(16)9-13/h5-7,9,11-12,15,17H,8,10H2,1-4H3. The Hall–Kier alpha value is -0.930. The predicted molar refractivity (Wildman–Crippen MR) is 73.1 cm³/mol. The van der Waals surface area contributed by atoms with Crippen molar-refractivity contribution < 1.29 is 9.13 Å². The number of benzene rings is 1. The maximum absolute atomic E-state index is 13.2. The average molecular weight is 253 g/mol. The van der Waals surface area contributed by atoms with E-state index in [9.17, 15) is 4.39 Å². The molecule has 2 atom stereocenters. The van der Waals surface area contributed by atoms with Gasteiger partial charge in [-0.3, -0.25) is 0 Å². The van der Waals surface area contributed by atoms with E-state index in [2.05, 4.69) is 26.1 Å². The van der Waals surface area contributed by atoms with Crippen molar-refractivity contribution in [3.8, 4) is 0 Å². The van der Waals surface area contributed by atoms with Gasteiger partial charge in [0.2, 0.25) is 0 Å². The monoisotopic (exact) mass is 253 g/mol. The van der Waals surface area contributed by atoms with Gasteiger partial charge in [-0.05, 0) is 44.0 Å². The van der Waals surface area contributed by atoms with Crippen molar-refractivity contribution >= 4 is 0 Å². The van der Waals surface area contributed by atoms with Gasteiger partial charge in [0.1, 0.15) is 5.82 Å². The van der Waals surface area contributed by atoms with E-state index >= 15 is 0 Å². The summed E-state index contributed by atoms with van der Waals surface area (Å²) in [6.07, 6.45) is 1.08. The molecule has 0 saturated carbocycles. The van der Waals surface area contributed by atoms with Crippen LogP contribution in [0.3, 0.4) is 0 Å². The summed E-state index contributed by atoms with van der Waals surface area (Å²) < 4.78 is 19.3. The normalized spacial score (nSPS) is 14.8. The molecule has 0 aliphatic heterocycles. The molecule has 1 aromatic carbocycles. The number of nitrogens with one attached hydrogen (secondary N) is 1. The minimum atomic E-state index is -0.214. The van der Waals surface area contributed by atoms with E-state index in [1.165, 1.54) is 6.07 Å². The molecule has 0 aliphatic carbocycles. The molecule has 2 unspecified atom stereocenters. The Morgan fingerprint density at radius 2 is 2.00 bits per heavy atom. The lowest BCUT2D eigenvalue weighted by atomic mass is 10.1. The van der Waals surface area contributed by atoms with Crippen LogP contribution in [0.15, 0.2) is 24.3 Å². The van der Waals surface area contributed by atoms with Crippen LogP contribution in [0.4, 0.5) is 4.39 Å². The number of hydrogen-bond acceptors (Lipinski definition) is 2. The van der Waals surface area contributed by atoms with Gasteiger partial charge in [-0.25, -0.2) is 4.39 Å². The summed E-state index contributed by atoms with van der Waals surface area (Å²) >= 11 is 0. The fraction of sp³-hybridized carbons (Fsp3) is 0.600. The van der Waals surface area contributed by atoms with E-state index in [-0.39, 0.29) is 18.0 Å². The van der Waals surface area contributed by atoms with Crippen molar-refractivity contribution in [1.29, 1.82) is 0 Å². The fourth-order valence-corrected chi connectivity index (χ4v) is 2.14. The molecule has 0 bridgehead atoms. The molecule has 102 valence electrons. The molecule has 1 rings (SSSR count). The molecule has 1 N–H and O–H groups in total. The van der Waals surface area contributed by atoms with Crippen molar-refractivity contribution in [2.24, 2.45) is 5.92 Å². The highest BCUT2D eigenvalue weighted by Gasteiger charge is 2.16. The Labute approximate surface area is 110 Å². The van der Waals surface area contributed by atoms with E-state index in [0.717, 1.165) is 12.0 Å². The van der Waals surface area contributed by atoms with Gasteiger partial charge in [0, 0.05) is 6.54 Å². The molecule has 1 aromatic rings. The maximum atomic E-state index is 13.2. The van der Waals surface area contributed by atoms with Crippen LogP contribution < -0.4 is 5.32 Å². The van der Waals surface area contributed by atoms with E-state index in [4.69, 9.17) is 4.74 Å². The molecule has 18 heavy (non-hydrogen) atoms. The van der Waals surface area contributed by atoms with Gasteiger partial charge in [0.25, 0.3) is 0 Å². The first-order valence-electron chi connectivity index (χ1n) is 6.58. The van der Waals surface area contributed by atoms with E-state index < -0.39 is 0 Å². The molecule has 0 aromatic heterocycles. The Morgan fingerprint density at radius 1 is 1.28 bits per heavy atom. The van der Waals surface area contributed by atoms with E-state index in [1.807, 2.05) is 13.1 Å². The van der Waals surface area contributed by atoms with Gasteiger partial charge in [0.05, 0.1) is 12.2 Å².